The van der Waals surface area contributed by atoms with E-state index in [2.05, 4.69) is 59.5 Å². The molecule has 3 heteroatoms. The Morgan fingerprint density at radius 2 is 1.88 bits per heavy atom. The molecule has 2 aromatic carbocycles. The molecule has 0 saturated carbocycles. The summed E-state index contributed by atoms with van der Waals surface area (Å²) in [5.74, 6) is 0.226. The van der Waals surface area contributed by atoms with Gasteiger partial charge in [-0.25, -0.2) is 0 Å². The average molecular weight is 342 g/mol. The van der Waals surface area contributed by atoms with E-state index < -0.39 is 12.0 Å². The highest BCUT2D eigenvalue weighted by Crippen LogP contribution is 2.56. The first-order valence-corrected chi connectivity index (χ1v) is 9.60. The highest BCUT2D eigenvalue weighted by atomic mass is 16.4. The molecule has 26 heavy (non-hydrogen) atoms. The maximum absolute atomic E-state index is 12.2. The predicted molar refractivity (Wildman–Crippen MR) is 100 cm³/mol. The predicted octanol–water partition coefficient (Wildman–Crippen LogP) is 3.11. The number of hydrogen-bond acceptors (Lipinski definition) is 3. The third-order valence-electron chi connectivity index (χ3n) is 6.99. The minimum absolute atomic E-state index is 0.0806. The zero-order valence-corrected chi connectivity index (χ0v) is 14.5. The molecule has 2 aromatic rings. The topological polar surface area (TPSA) is 43.4 Å². The summed E-state index contributed by atoms with van der Waals surface area (Å²) in [5.41, 5.74) is 3.83. The standard InChI is InChI=1S/C23H21NO2/c25-23(26)22-18-10-4-9-17(18)20-16-7-2-1-5-13(16)11-19-15-8-3-6-14(15)12-24(22)21(19)20/h1-5,7-9,11,14-15,17-18,22H,6,10,12H2,(H,25,26)/p-1/t14-,15+,17+,18-,22-/m1/s1. The molecule has 2 aliphatic heterocycles. The van der Waals surface area contributed by atoms with Gasteiger partial charge in [-0.2, -0.15) is 0 Å². The van der Waals surface area contributed by atoms with Crippen molar-refractivity contribution in [3.05, 3.63) is 65.8 Å². The van der Waals surface area contributed by atoms with Gasteiger partial charge in [0, 0.05) is 24.1 Å². The van der Waals surface area contributed by atoms with Gasteiger partial charge < -0.3 is 14.8 Å². The third kappa shape index (κ3) is 1.71. The van der Waals surface area contributed by atoms with Gasteiger partial charge in [-0.3, -0.25) is 0 Å². The fourth-order valence-electron chi connectivity index (χ4n) is 5.99. The van der Waals surface area contributed by atoms with Crippen molar-refractivity contribution in [2.75, 3.05) is 11.4 Å². The van der Waals surface area contributed by atoms with Gasteiger partial charge in [0.1, 0.15) is 0 Å². The van der Waals surface area contributed by atoms with Crippen molar-refractivity contribution >= 4 is 22.4 Å². The average Bonchev–Trinajstić information content (AvgIpc) is 3.30. The van der Waals surface area contributed by atoms with E-state index in [0.29, 0.717) is 11.8 Å². The van der Waals surface area contributed by atoms with Crippen molar-refractivity contribution in [2.24, 2.45) is 11.8 Å². The van der Waals surface area contributed by atoms with Gasteiger partial charge in [-0.15, -0.1) is 0 Å². The summed E-state index contributed by atoms with van der Waals surface area (Å²) in [7, 11) is 0. The van der Waals surface area contributed by atoms with Crippen LogP contribution in [0, 0.1) is 11.8 Å². The Hall–Kier alpha value is -2.55. The van der Waals surface area contributed by atoms with Crippen molar-refractivity contribution in [3.8, 4) is 0 Å². The van der Waals surface area contributed by atoms with E-state index in [1.54, 1.807) is 0 Å². The number of fused-ring (bicyclic) bond motifs is 6. The summed E-state index contributed by atoms with van der Waals surface area (Å²) in [4.78, 5) is 14.4. The number of anilines is 1. The van der Waals surface area contributed by atoms with Crippen molar-refractivity contribution in [3.63, 3.8) is 0 Å². The highest BCUT2D eigenvalue weighted by molar-refractivity contribution is 5.96. The van der Waals surface area contributed by atoms with Gasteiger partial charge in [0.15, 0.2) is 0 Å². The number of carbonyl (C=O) groups excluding carboxylic acids is 1. The number of carboxylic acids is 1. The molecular weight excluding hydrogens is 322 g/mol. The zero-order chi connectivity index (χ0) is 17.4. The number of carboxylic acid groups (broad SMARTS) is 1. The smallest absolute Gasteiger partial charge is 0.0727 e. The SMILES string of the molecule is O=C([O-])[C@H]1[C@@H]2CC=C[C@@H]2c2c3c(cc4ccccc24)[C@H]2C=CC[C@@H]2CN31. The summed E-state index contributed by atoms with van der Waals surface area (Å²) in [6.07, 6.45) is 10.9. The normalized spacial score (nSPS) is 33.2. The second-order valence-corrected chi connectivity index (χ2v) is 8.17. The lowest BCUT2D eigenvalue weighted by molar-refractivity contribution is -0.309. The van der Waals surface area contributed by atoms with E-state index in [1.165, 1.54) is 27.6 Å². The van der Waals surface area contributed by atoms with E-state index in [4.69, 9.17) is 0 Å². The molecule has 2 heterocycles. The monoisotopic (exact) mass is 342 g/mol. The molecule has 0 saturated heterocycles. The first-order valence-electron chi connectivity index (χ1n) is 9.60. The fourth-order valence-corrected chi connectivity index (χ4v) is 5.99. The molecule has 0 unspecified atom stereocenters. The van der Waals surface area contributed by atoms with E-state index in [9.17, 15) is 9.90 Å². The van der Waals surface area contributed by atoms with Crippen molar-refractivity contribution < 1.29 is 9.90 Å². The van der Waals surface area contributed by atoms with Gasteiger partial charge in [0.05, 0.1) is 12.0 Å². The summed E-state index contributed by atoms with van der Waals surface area (Å²) < 4.78 is 0. The van der Waals surface area contributed by atoms with Crippen LogP contribution in [-0.4, -0.2) is 18.6 Å². The van der Waals surface area contributed by atoms with Crippen LogP contribution in [0.15, 0.2) is 54.6 Å². The molecule has 0 N–H and O–H groups in total. The molecule has 6 rings (SSSR count). The third-order valence-corrected chi connectivity index (χ3v) is 6.99. The van der Waals surface area contributed by atoms with Gasteiger partial charge >= 0.3 is 0 Å². The molecular formula is C23H20NO2-. The second kappa shape index (κ2) is 5.00. The molecule has 2 aliphatic carbocycles. The Balaban J connectivity index is 1.72. The summed E-state index contributed by atoms with van der Waals surface area (Å²) in [6.45, 7) is 0.817. The Labute approximate surface area is 152 Å². The van der Waals surface area contributed by atoms with Crippen molar-refractivity contribution in [1.82, 2.24) is 0 Å². The second-order valence-electron chi connectivity index (χ2n) is 8.17. The van der Waals surface area contributed by atoms with Crippen LogP contribution in [0.4, 0.5) is 5.69 Å². The molecule has 130 valence electrons. The van der Waals surface area contributed by atoms with Crippen LogP contribution in [0.5, 0.6) is 0 Å². The fraction of sp³-hybridized carbons (Fsp3) is 0.348. The Morgan fingerprint density at radius 3 is 2.77 bits per heavy atom. The molecule has 5 atom stereocenters. The molecule has 4 aliphatic rings. The molecule has 0 bridgehead atoms. The van der Waals surface area contributed by atoms with Crippen LogP contribution in [-0.2, 0) is 4.79 Å². The Bertz CT molecular complexity index is 1000. The number of nitrogens with zero attached hydrogens (tertiary/aromatic N) is 1. The lowest BCUT2D eigenvalue weighted by Gasteiger charge is -2.51. The molecule has 0 fully saturated rings. The summed E-state index contributed by atoms with van der Waals surface area (Å²) in [5, 5.41) is 14.7. The number of rotatable bonds is 1. The Morgan fingerprint density at radius 1 is 1.08 bits per heavy atom. The van der Waals surface area contributed by atoms with E-state index >= 15 is 0 Å². The number of carbonyl (C=O) groups is 1. The number of hydrogen-bond donors (Lipinski definition) is 0. The van der Waals surface area contributed by atoms with Crippen LogP contribution in [0.25, 0.3) is 10.8 Å². The maximum Gasteiger partial charge on any atom is 0.0727 e. The van der Waals surface area contributed by atoms with Crippen molar-refractivity contribution in [1.29, 1.82) is 0 Å². The minimum atomic E-state index is -0.919. The van der Waals surface area contributed by atoms with E-state index in [0.717, 1.165) is 19.4 Å². The van der Waals surface area contributed by atoms with Crippen LogP contribution in [0.3, 0.4) is 0 Å². The maximum atomic E-state index is 12.2. The Kier molecular flexibility index (Phi) is 2.81. The van der Waals surface area contributed by atoms with Crippen LogP contribution in [0.1, 0.15) is 35.8 Å². The van der Waals surface area contributed by atoms with Crippen LogP contribution >= 0.6 is 0 Å². The van der Waals surface area contributed by atoms with Gasteiger partial charge in [0.25, 0.3) is 0 Å². The molecule has 0 spiro atoms. The minimum Gasteiger partial charge on any atom is -0.548 e. The summed E-state index contributed by atoms with van der Waals surface area (Å²) in [6, 6.07) is 10.4. The van der Waals surface area contributed by atoms with E-state index in [1.807, 2.05) is 0 Å². The molecule has 0 aromatic heterocycles. The molecule has 0 radical (unpaired) electrons. The molecule has 0 amide bonds. The van der Waals surface area contributed by atoms with Crippen molar-refractivity contribution in [2.45, 2.75) is 30.7 Å². The van der Waals surface area contributed by atoms with Gasteiger partial charge in [0.2, 0.25) is 0 Å². The number of benzene rings is 2. The lowest BCUT2D eigenvalue weighted by atomic mass is 9.70. The summed E-state index contributed by atoms with van der Waals surface area (Å²) >= 11 is 0. The number of allylic oxidation sites excluding steroid dienone is 4. The van der Waals surface area contributed by atoms with Gasteiger partial charge in [-0.05, 0) is 52.6 Å². The number of aliphatic carboxylic acids is 1. The first-order chi connectivity index (χ1) is 12.7. The van der Waals surface area contributed by atoms with E-state index in [-0.39, 0.29) is 11.8 Å². The van der Waals surface area contributed by atoms with Crippen LogP contribution in [0.2, 0.25) is 0 Å². The van der Waals surface area contributed by atoms with Crippen LogP contribution < -0.4 is 10.0 Å². The quantitative estimate of drug-likeness (QED) is 0.748. The molecule has 3 nitrogen and oxygen atoms in total. The van der Waals surface area contributed by atoms with Gasteiger partial charge in [-0.1, -0.05) is 48.6 Å². The lowest BCUT2D eigenvalue weighted by Crippen LogP contribution is -2.58. The highest BCUT2D eigenvalue weighted by Gasteiger charge is 2.48. The largest absolute Gasteiger partial charge is 0.548 e. The first kappa shape index (κ1) is 14.6. The zero-order valence-electron chi connectivity index (χ0n) is 14.5.